The van der Waals surface area contributed by atoms with Crippen LogP contribution in [0.1, 0.15) is 60.8 Å². The highest BCUT2D eigenvalue weighted by Crippen LogP contribution is 2.41. The van der Waals surface area contributed by atoms with Crippen LogP contribution >= 0.6 is 0 Å². The van der Waals surface area contributed by atoms with Crippen molar-refractivity contribution in [2.45, 2.75) is 52.1 Å². The van der Waals surface area contributed by atoms with Gasteiger partial charge in [0.2, 0.25) is 0 Å². The molecule has 0 spiro atoms. The van der Waals surface area contributed by atoms with Crippen molar-refractivity contribution in [1.82, 2.24) is 4.90 Å². The fraction of sp³-hybridized carbons (Fsp3) is 0.423. The van der Waals surface area contributed by atoms with Gasteiger partial charge in [0.1, 0.15) is 18.2 Å². The fourth-order valence-corrected chi connectivity index (χ4v) is 4.14. The number of carbonyl (C=O) groups is 1. The summed E-state index contributed by atoms with van der Waals surface area (Å²) in [5.74, 6) is -0.320. The van der Waals surface area contributed by atoms with Crippen LogP contribution in [0.2, 0.25) is 0 Å². The fourth-order valence-electron chi connectivity index (χ4n) is 4.14. The maximum Gasteiger partial charge on any atom is 0.304 e. The van der Waals surface area contributed by atoms with Crippen LogP contribution in [0.3, 0.4) is 0 Å². The molecule has 1 saturated carbocycles. The maximum atomic E-state index is 14.1. The van der Waals surface area contributed by atoms with Gasteiger partial charge in [-0.3, -0.25) is 4.79 Å². The van der Waals surface area contributed by atoms with Crippen molar-refractivity contribution in [3.63, 3.8) is 0 Å². The van der Waals surface area contributed by atoms with E-state index in [2.05, 4.69) is 30.0 Å². The van der Waals surface area contributed by atoms with Crippen LogP contribution in [0, 0.1) is 12.7 Å². The molecule has 1 N–H and O–H groups in total. The lowest BCUT2D eigenvalue weighted by Crippen LogP contribution is -2.33. The monoisotopic (exact) mass is 423 g/mol. The molecule has 2 fully saturated rings. The minimum atomic E-state index is -0.765. The average molecular weight is 424 g/mol. The molecule has 31 heavy (non-hydrogen) atoms. The predicted molar refractivity (Wildman–Crippen MR) is 120 cm³/mol. The summed E-state index contributed by atoms with van der Waals surface area (Å²) in [6, 6.07) is 11.1. The molecule has 0 atom stereocenters. The van der Waals surface area contributed by atoms with Crippen LogP contribution in [-0.4, -0.2) is 35.6 Å². The average Bonchev–Trinajstić information content (AvgIpc) is 3.63. The minimum Gasteiger partial charge on any atom is -0.488 e. The van der Waals surface area contributed by atoms with Crippen LogP contribution in [0.15, 0.2) is 42.0 Å². The van der Waals surface area contributed by atoms with Crippen molar-refractivity contribution >= 4 is 11.5 Å². The number of hydrogen-bond acceptors (Lipinski definition) is 3. The van der Waals surface area contributed by atoms with Crippen LogP contribution < -0.4 is 4.74 Å². The highest BCUT2D eigenvalue weighted by molar-refractivity contribution is 5.87. The number of rotatable bonds is 3. The lowest BCUT2D eigenvalue weighted by atomic mass is 9.86. The number of likely N-dealkylation sites (tertiary alicyclic amines) is 1. The van der Waals surface area contributed by atoms with Gasteiger partial charge in [-0.05, 0) is 54.7 Å². The quantitative estimate of drug-likeness (QED) is 0.701. The second kappa shape index (κ2) is 9.65. The molecule has 5 rings (SSSR count). The largest absolute Gasteiger partial charge is 0.488 e. The van der Waals surface area contributed by atoms with Gasteiger partial charge in [0, 0.05) is 25.2 Å². The van der Waals surface area contributed by atoms with Gasteiger partial charge in [-0.25, -0.2) is 4.39 Å². The van der Waals surface area contributed by atoms with Crippen molar-refractivity contribution in [2.24, 2.45) is 0 Å². The number of aliphatic carboxylic acids is 1. The molecule has 1 saturated heterocycles. The summed E-state index contributed by atoms with van der Waals surface area (Å²) in [4.78, 5) is 13.0. The molecule has 0 amide bonds. The number of carboxylic acids is 1. The van der Waals surface area contributed by atoms with E-state index >= 15 is 0 Å². The first kappa shape index (κ1) is 21.6. The molecule has 164 valence electrons. The molecule has 0 radical (unpaired) electrons. The van der Waals surface area contributed by atoms with Gasteiger partial charge in [-0.2, -0.15) is 0 Å². The second-order valence-corrected chi connectivity index (χ2v) is 8.61. The van der Waals surface area contributed by atoms with E-state index < -0.39 is 5.97 Å². The Morgan fingerprint density at radius 1 is 1.06 bits per heavy atom. The number of halogens is 1. The number of carboxylic acid groups (broad SMARTS) is 1. The SMILES string of the molecule is C1CC1.Cc1ccc2c(c1)COc1ccc(F)cc1C2=C1CCN(CCC(=O)O)CC1. The summed E-state index contributed by atoms with van der Waals surface area (Å²) in [5, 5.41) is 8.91. The van der Waals surface area contributed by atoms with Crippen molar-refractivity contribution < 1.29 is 19.0 Å². The van der Waals surface area contributed by atoms with Gasteiger partial charge < -0.3 is 14.7 Å². The van der Waals surface area contributed by atoms with E-state index in [1.165, 1.54) is 36.5 Å². The Bertz CT molecular complexity index is 983. The number of aryl methyl sites for hydroxylation is 1. The lowest BCUT2D eigenvalue weighted by Gasteiger charge is -2.30. The molecule has 2 aromatic carbocycles. The Labute approximate surface area is 183 Å². The Kier molecular flexibility index (Phi) is 6.71. The molecule has 1 aliphatic carbocycles. The van der Waals surface area contributed by atoms with Crippen LogP contribution in [0.5, 0.6) is 5.75 Å². The first-order chi connectivity index (χ1) is 15.0. The van der Waals surface area contributed by atoms with E-state index in [4.69, 9.17) is 9.84 Å². The van der Waals surface area contributed by atoms with Crippen LogP contribution in [-0.2, 0) is 11.4 Å². The number of piperidine rings is 1. The zero-order valence-corrected chi connectivity index (χ0v) is 18.1. The van der Waals surface area contributed by atoms with Gasteiger partial charge >= 0.3 is 5.97 Å². The molecule has 0 unspecified atom stereocenters. The number of hydrogen-bond donors (Lipinski definition) is 1. The molecule has 2 aromatic rings. The molecule has 4 nitrogen and oxygen atoms in total. The summed E-state index contributed by atoms with van der Waals surface area (Å²) in [6.07, 6.45) is 6.35. The predicted octanol–water partition coefficient (Wildman–Crippen LogP) is 5.57. The first-order valence-electron chi connectivity index (χ1n) is 11.2. The standard InChI is InChI=1S/C23H24FNO3.C3H6/c1-15-2-4-19-17(12-15)14-28-21-5-3-18(24)13-20(21)23(19)16-6-9-25(10-7-16)11-8-22(26)27;1-2-3-1/h2-5,12-13H,6-11,14H2,1H3,(H,26,27);1-3H2. The molecule has 0 bridgehead atoms. The molecular formula is C26H30FNO3. The van der Waals surface area contributed by atoms with Gasteiger partial charge in [0.15, 0.2) is 0 Å². The highest BCUT2D eigenvalue weighted by Gasteiger charge is 2.25. The van der Waals surface area contributed by atoms with Crippen molar-refractivity contribution in [1.29, 1.82) is 0 Å². The molecule has 3 aliphatic rings. The number of ether oxygens (including phenoxy) is 1. The van der Waals surface area contributed by atoms with E-state index in [1.54, 1.807) is 12.1 Å². The summed E-state index contributed by atoms with van der Waals surface area (Å²) in [6.45, 7) is 4.74. The summed E-state index contributed by atoms with van der Waals surface area (Å²) in [7, 11) is 0. The zero-order chi connectivity index (χ0) is 21.8. The maximum absolute atomic E-state index is 14.1. The third-order valence-electron chi connectivity index (χ3n) is 5.93. The van der Waals surface area contributed by atoms with E-state index in [-0.39, 0.29) is 12.2 Å². The van der Waals surface area contributed by atoms with E-state index in [9.17, 15) is 9.18 Å². The highest BCUT2D eigenvalue weighted by atomic mass is 19.1. The molecule has 2 aliphatic heterocycles. The Balaban J connectivity index is 0.000000710. The normalized spacial score (nSPS) is 17.5. The zero-order valence-electron chi connectivity index (χ0n) is 18.1. The van der Waals surface area contributed by atoms with Crippen LogP contribution in [0.4, 0.5) is 4.39 Å². The first-order valence-corrected chi connectivity index (χ1v) is 11.2. The molecule has 0 aromatic heterocycles. The van der Waals surface area contributed by atoms with Gasteiger partial charge in [-0.1, -0.05) is 48.6 Å². The third kappa shape index (κ3) is 5.53. The van der Waals surface area contributed by atoms with Gasteiger partial charge in [0.25, 0.3) is 0 Å². The van der Waals surface area contributed by atoms with Crippen molar-refractivity contribution in [3.8, 4) is 5.75 Å². The Morgan fingerprint density at radius 2 is 1.81 bits per heavy atom. The van der Waals surface area contributed by atoms with Gasteiger partial charge in [-0.15, -0.1) is 0 Å². The Hall–Kier alpha value is -2.66. The third-order valence-corrected chi connectivity index (χ3v) is 5.93. The van der Waals surface area contributed by atoms with Crippen molar-refractivity contribution in [2.75, 3.05) is 19.6 Å². The Morgan fingerprint density at radius 3 is 2.48 bits per heavy atom. The van der Waals surface area contributed by atoms with Gasteiger partial charge in [0.05, 0.1) is 6.42 Å². The minimum absolute atomic E-state index is 0.163. The summed E-state index contributed by atoms with van der Waals surface area (Å²) < 4.78 is 20.1. The second-order valence-electron chi connectivity index (χ2n) is 8.61. The van der Waals surface area contributed by atoms with Crippen molar-refractivity contribution in [3.05, 3.63) is 70.0 Å². The van der Waals surface area contributed by atoms with E-state index in [0.717, 1.165) is 48.2 Å². The van der Waals surface area contributed by atoms with Crippen LogP contribution in [0.25, 0.3) is 5.57 Å². The molecule has 5 heteroatoms. The lowest BCUT2D eigenvalue weighted by molar-refractivity contribution is -0.137. The molecule has 2 heterocycles. The molecular weight excluding hydrogens is 393 g/mol. The summed E-state index contributed by atoms with van der Waals surface area (Å²) in [5.41, 5.74) is 6.59. The topological polar surface area (TPSA) is 49.8 Å². The smallest absolute Gasteiger partial charge is 0.304 e. The number of nitrogens with zero attached hydrogens (tertiary/aromatic N) is 1. The van der Waals surface area contributed by atoms with E-state index in [1.807, 2.05) is 0 Å². The number of benzene rings is 2. The number of fused-ring (bicyclic) bond motifs is 2. The van der Waals surface area contributed by atoms with E-state index in [0.29, 0.717) is 18.9 Å². The summed E-state index contributed by atoms with van der Waals surface area (Å²) >= 11 is 0.